The predicted octanol–water partition coefficient (Wildman–Crippen LogP) is 3.25. The van der Waals surface area contributed by atoms with Gasteiger partial charge in [0.25, 0.3) is 0 Å². The number of ether oxygens (including phenoxy) is 1. The van der Waals surface area contributed by atoms with Crippen LogP contribution in [0.15, 0.2) is 10.5 Å². The van der Waals surface area contributed by atoms with Crippen molar-refractivity contribution in [1.82, 2.24) is 0 Å². The summed E-state index contributed by atoms with van der Waals surface area (Å²) in [6.45, 7) is 2.01. The first kappa shape index (κ1) is 11.3. The van der Waals surface area contributed by atoms with Gasteiger partial charge >= 0.3 is 0 Å². The Morgan fingerprint density at radius 3 is 2.71 bits per heavy atom. The van der Waals surface area contributed by atoms with E-state index in [2.05, 4.69) is 15.9 Å². The van der Waals surface area contributed by atoms with Crippen molar-refractivity contribution in [3.63, 3.8) is 0 Å². The smallest absolute Gasteiger partial charge is 0.169 e. The summed E-state index contributed by atoms with van der Waals surface area (Å²) in [5.41, 5.74) is 0.800. The number of rotatable bonds is 3. The maximum atomic E-state index is 13.1. The van der Waals surface area contributed by atoms with E-state index in [-0.39, 0.29) is 5.75 Å². The van der Waals surface area contributed by atoms with Crippen molar-refractivity contribution >= 4 is 15.9 Å². The lowest BCUT2D eigenvalue weighted by molar-refractivity contribution is 0.391. The molecule has 1 N–H and O–H groups in total. The van der Waals surface area contributed by atoms with Gasteiger partial charge < -0.3 is 9.84 Å². The van der Waals surface area contributed by atoms with Gasteiger partial charge in [-0.3, -0.25) is 0 Å². The van der Waals surface area contributed by atoms with E-state index in [1.807, 2.05) is 6.92 Å². The Kier molecular flexibility index (Phi) is 3.75. The molecule has 0 bridgehead atoms. The lowest BCUT2D eigenvalue weighted by Crippen LogP contribution is -1.95. The molecule has 0 heterocycles. The molecule has 14 heavy (non-hydrogen) atoms. The van der Waals surface area contributed by atoms with Crippen LogP contribution in [0.4, 0.5) is 4.39 Å². The van der Waals surface area contributed by atoms with Crippen LogP contribution in [0.2, 0.25) is 0 Å². The van der Waals surface area contributed by atoms with Gasteiger partial charge in [0.1, 0.15) is 5.75 Å². The average Bonchev–Trinajstić information content (AvgIpc) is 2.19. The summed E-state index contributed by atoms with van der Waals surface area (Å²) in [6, 6.07) is 1.20. The van der Waals surface area contributed by atoms with Gasteiger partial charge in [-0.2, -0.15) is 0 Å². The summed E-state index contributed by atoms with van der Waals surface area (Å²) in [5.74, 6) is -0.558. The van der Waals surface area contributed by atoms with Gasteiger partial charge in [-0.05, 0) is 22.4 Å². The van der Waals surface area contributed by atoms with Crippen LogP contribution in [0.25, 0.3) is 0 Å². The Hall–Kier alpha value is -0.770. The zero-order chi connectivity index (χ0) is 10.7. The zero-order valence-electron chi connectivity index (χ0n) is 8.10. The number of hydrogen-bond acceptors (Lipinski definition) is 2. The first-order valence-corrected chi connectivity index (χ1v) is 5.14. The second-order valence-electron chi connectivity index (χ2n) is 2.95. The Labute approximate surface area is 90.8 Å². The van der Waals surface area contributed by atoms with E-state index in [1.165, 1.54) is 13.2 Å². The van der Waals surface area contributed by atoms with Crippen LogP contribution in [-0.4, -0.2) is 12.2 Å². The Balaban J connectivity index is 3.29. The van der Waals surface area contributed by atoms with Crippen LogP contribution in [0.5, 0.6) is 11.5 Å². The van der Waals surface area contributed by atoms with E-state index in [4.69, 9.17) is 4.74 Å². The molecule has 0 amide bonds. The quantitative estimate of drug-likeness (QED) is 0.906. The third-order valence-electron chi connectivity index (χ3n) is 1.97. The highest BCUT2D eigenvalue weighted by Crippen LogP contribution is 2.37. The third-order valence-corrected chi connectivity index (χ3v) is 2.83. The summed E-state index contributed by atoms with van der Waals surface area (Å²) in [7, 11) is 1.48. The van der Waals surface area contributed by atoms with Crippen molar-refractivity contribution in [1.29, 1.82) is 0 Å². The number of phenolic OH excluding ortho intramolecular Hbond substituents is 1. The van der Waals surface area contributed by atoms with E-state index in [1.54, 1.807) is 0 Å². The summed E-state index contributed by atoms with van der Waals surface area (Å²) in [4.78, 5) is 0. The molecule has 0 aromatic heterocycles. The van der Waals surface area contributed by atoms with Crippen molar-refractivity contribution in [3.8, 4) is 11.5 Å². The highest BCUT2D eigenvalue weighted by Gasteiger charge is 2.15. The summed E-state index contributed by atoms with van der Waals surface area (Å²) >= 11 is 3.15. The highest BCUT2D eigenvalue weighted by atomic mass is 79.9. The van der Waals surface area contributed by atoms with Gasteiger partial charge in [-0.15, -0.1) is 0 Å². The van der Waals surface area contributed by atoms with E-state index < -0.39 is 5.82 Å². The van der Waals surface area contributed by atoms with Gasteiger partial charge in [-0.25, -0.2) is 4.39 Å². The summed E-state index contributed by atoms with van der Waals surface area (Å²) in [5, 5.41) is 9.36. The standard InChI is InChI=1S/C10H12BrFO2/c1-3-4-6-8(14-2)5-7(12)10(13)9(6)11/h5,13H,3-4H2,1-2H3. The molecule has 0 spiro atoms. The molecule has 1 rings (SSSR count). The van der Waals surface area contributed by atoms with Crippen molar-refractivity contribution < 1.29 is 14.2 Å². The minimum absolute atomic E-state index is 0.353. The van der Waals surface area contributed by atoms with Crippen LogP contribution >= 0.6 is 15.9 Å². The molecular formula is C10H12BrFO2. The Morgan fingerprint density at radius 2 is 2.21 bits per heavy atom. The average molecular weight is 263 g/mol. The van der Waals surface area contributed by atoms with Crippen LogP contribution in [0.1, 0.15) is 18.9 Å². The number of aromatic hydroxyl groups is 1. The number of hydrogen-bond donors (Lipinski definition) is 1. The molecule has 0 fully saturated rings. The monoisotopic (exact) mass is 262 g/mol. The van der Waals surface area contributed by atoms with Gasteiger partial charge in [-0.1, -0.05) is 13.3 Å². The van der Waals surface area contributed by atoms with Crippen molar-refractivity contribution in [2.75, 3.05) is 7.11 Å². The molecule has 1 aromatic carbocycles. The lowest BCUT2D eigenvalue weighted by atomic mass is 10.1. The molecule has 2 nitrogen and oxygen atoms in total. The largest absolute Gasteiger partial charge is 0.504 e. The maximum Gasteiger partial charge on any atom is 0.169 e. The number of benzene rings is 1. The molecule has 0 saturated heterocycles. The van der Waals surface area contributed by atoms with Crippen molar-refractivity contribution in [2.24, 2.45) is 0 Å². The molecule has 78 valence electrons. The molecular weight excluding hydrogens is 251 g/mol. The molecule has 0 aliphatic heterocycles. The Bertz CT molecular complexity index is 339. The molecule has 0 radical (unpaired) electrons. The van der Waals surface area contributed by atoms with Gasteiger partial charge in [0.2, 0.25) is 0 Å². The molecule has 0 atom stereocenters. The first-order chi connectivity index (χ1) is 6.61. The molecule has 0 unspecified atom stereocenters. The molecule has 1 aromatic rings. The number of methoxy groups -OCH3 is 1. The Morgan fingerprint density at radius 1 is 1.57 bits per heavy atom. The van der Waals surface area contributed by atoms with E-state index in [0.717, 1.165) is 18.4 Å². The van der Waals surface area contributed by atoms with Crippen molar-refractivity contribution in [2.45, 2.75) is 19.8 Å². The summed E-state index contributed by atoms with van der Waals surface area (Å²) < 4.78 is 18.5. The van der Waals surface area contributed by atoms with Crippen LogP contribution in [-0.2, 0) is 6.42 Å². The topological polar surface area (TPSA) is 29.5 Å². The maximum absolute atomic E-state index is 13.1. The molecule has 4 heteroatoms. The fourth-order valence-electron chi connectivity index (χ4n) is 1.29. The number of halogens is 2. The van der Waals surface area contributed by atoms with E-state index >= 15 is 0 Å². The predicted molar refractivity (Wildman–Crippen MR) is 56.3 cm³/mol. The van der Waals surface area contributed by atoms with Gasteiger partial charge in [0, 0.05) is 11.6 Å². The first-order valence-electron chi connectivity index (χ1n) is 4.35. The SMILES string of the molecule is CCCc1c(OC)cc(F)c(O)c1Br. The summed E-state index contributed by atoms with van der Waals surface area (Å²) in [6.07, 6.45) is 1.64. The fourth-order valence-corrected chi connectivity index (χ4v) is 1.87. The van der Waals surface area contributed by atoms with E-state index in [0.29, 0.717) is 10.2 Å². The minimum atomic E-state index is -0.673. The fraction of sp³-hybridized carbons (Fsp3) is 0.400. The molecule has 0 saturated carbocycles. The highest BCUT2D eigenvalue weighted by molar-refractivity contribution is 9.10. The molecule has 0 aliphatic carbocycles. The van der Waals surface area contributed by atoms with Crippen LogP contribution in [0, 0.1) is 5.82 Å². The zero-order valence-corrected chi connectivity index (χ0v) is 9.69. The minimum Gasteiger partial charge on any atom is -0.504 e. The molecule has 0 aliphatic rings. The van der Waals surface area contributed by atoms with Crippen molar-refractivity contribution in [3.05, 3.63) is 21.9 Å². The van der Waals surface area contributed by atoms with Gasteiger partial charge in [0.15, 0.2) is 11.6 Å². The van der Waals surface area contributed by atoms with Gasteiger partial charge in [0.05, 0.1) is 11.6 Å². The second-order valence-corrected chi connectivity index (χ2v) is 3.74. The second kappa shape index (κ2) is 4.64. The number of phenols is 1. The van der Waals surface area contributed by atoms with Crippen LogP contribution in [0.3, 0.4) is 0 Å². The third kappa shape index (κ3) is 2.00. The van der Waals surface area contributed by atoms with Crippen LogP contribution < -0.4 is 4.74 Å². The lowest BCUT2D eigenvalue weighted by Gasteiger charge is -2.11. The normalized spacial score (nSPS) is 10.3. The van der Waals surface area contributed by atoms with E-state index in [9.17, 15) is 9.50 Å².